The summed E-state index contributed by atoms with van der Waals surface area (Å²) in [7, 11) is 0. The van der Waals surface area contributed by atoms with Gasteiger partial charge in [-0.25, -0.2) is 0 Å². The summed E-state index contributed by atoms with van der Waals surface area (Å²) in [5, 5.41) is 26.9. The maximum atomic E-state index is 11.3. The van der Waals surface area contributed by atoms with Gasteiger partial charge < -0.3 is 9.13 Å². The fraction of sp³-hybridized carbons (Fsp3) is 0.0286. The number of aromatic nitrogens is 2. The minimum Gasteiger partial charge on any atom is -0.309 e. The van der Waals surface area contributed by atoms with E-state index in [-0.39, 0.29) is 0 Å². The summed E-state index contributed by atoms with van der Waals surface area (Å²) in [6.45, 7) is 0. The van der Waals surface area contributed by atoms with E-state index in [1.807, 2.05) is 6.07 Å². The molecule has 0 saturated carbocycles. The molecule has 2 aromatic heterocycles. The second kappa shape index (κ2) is 15.8. The first kappa shape index (κ1) is 41.8. The number of rotatable bonds is 6. The molecule has 0 radical (unpaired) electrons. The molecule has 0 spiro atoms. The van der Waals surface area contributed by atoms with Crippen molar-refractivity contribution >= 4 is 43.6 Å². The number of nitrogens with zero attached hydrogens (tertiary/aromatic N) is 4. The fourth-order valence-electron chi connectivity index (χ4n) is 13.6. The third-order valence-corrected chi connectivity index (χ3v) is 16.3. The molecule has 0 unspecified atom stereocenters. The fourth-order valence-corrected chi connectivity index (χ4v) is 13.6. The molecule has 0 fully saturated rings. The number of fused-ring (bicyclic) bond motifs is 14. The van der Waals surface area contributed by atoms with E-state index < -0.39 is 10.8 Å². The molecule has 4 heteroatoms. The third-order valence-electron chi connectivity index (χ3n) is 16.3. The van der Waals surface area contributed by atoms with Crippen molar-refractivity contribution in [1.82, 2.24) is 9.13 Å². The van der Waals surface area contributed by atoms with Gasteiger partial charge in [-0.2, -0.15) is 10.5 Å². The third kappa shape index (κ3) is 5.33. The molecular weight excluding hydrogens is 897 g/mol. The van der Waals surface area contributed by atoms with Crippen molar-refractivity contribution < 1.29 is 0 Å². The molecule has 0 amide bonds. The van der Waals surface area contributed by atoms with Crippen molar-refractivity contribution in [1.29, 1.82) is 10.5 Å². The van der Waals surface area contributed by atoms with E-state index in [0.717, 1.165) is 49.3 Å². The Morgan fingerprint density at radius 3 is 1.16 bits per heavy atom. The summed E-state index contributed by atoms with van der Waals surface area (Å²) in [5.74, 6) is 0. The molecule has 74 heavy (non-hydrogen) atoms. The summed E-state index contributed by atoms with van der Waals surface area (Å²) in [5.41, 5.74) is 19.4. The van der Waals surface area contributed by atoms with E-state index >= 15 is 0 Å². The number of benzene rings is 11. The van der Waals surface area contributed by atoms with Gasteiger partial charge in [0.25, 0.3) is 0 Å². The number of para-hydroxylation sites is 2. The Morgan fingerprint density at radius 2 is 0.716 bits per heavy atom. The lowest BCUT2D eigenvalue weighted by Crippen LogP contribution is -2.28. The molecule has 11 aromatic carbocycles. The molecule has 0 saturated heterocycles. The zero-order valence-electron chi connectivity index (χ0n) is 40.0. The lowest BCUT2D eigenvalue weighted by atomic mass is 9.67. The molecule has 2 aliphatic rings. The van der Waals surface area contributed by atoms with Crippen LogP contribution in [0.15, 0.2) is 255 Å². The van der Waals surface area contributed by atoms with Crippen molar-refractivity contribution in [2.45, 2.75) is 10.8 Å². The minimum absolute atomic E-state index is 0.314. The van der Waals surface area contributed by atoms with Crippen LogP contribution < -0.4 is 0 Å². The molecular formula is C70H42N4. The van der Waals surface area contributed by atoms with E-state index in [2.05, 4.69) is 270 Å². The van der Waals surface area contributed by atoms with Crippen molar-refractivity contribution in [3.05, 3.63) is 310 Å². The maximum Gasteiger partial charge on any atom is 0.103 e. The zero-order valence-corrected chi connectivity index (χ0v) is 40.0. The van der Waals surface area contributed by atoms with Crippen molar-refractivity contribution in [3.63, 3.8) is 0 Å². The quantitative estimate of drug-likeness (QED) is 0.167. The highest BCUT2D eigenvalue weighted by Crippen LogP contribution is 2.61. The molecule has 15 rings (SSSR count). The normalized spacial score (nSPS) is 13.6. The highest BCUT2D eigenvalue weighted by Gasteiger charge is 2.48. The van der Waals surface area contributed by atoms with Gasteiger partial charge in [0.05, 0.1) is 49.7 Å². The number of nitriles is 2. The Morgan fingerprint density at radius 1 is 0.324 bits per heavy atom. The standard InChI is InChI=1S/C70H42N4/c71-43-45-41-50(73-60-35-19-15-31-53(60)67-62(73)39-37-58-65(67)51-29-13-17-33-56(51)69(58,46-21-5-1-6-22-46)47-23-7-2-8-24-47)42-64(55(45)44-72)74-61-36-20-16-32-54(61)68-63(74)40-38-59-66(68)52-30-14-18-34-57(52)70(59,48-25-9-3-10-26-48)49-27-11-4-12-28-49/h1-42H. The molecule has 0 bridgehead atoms. The largest absolute Gasteiger partial charge is 0.309 e. The van der Waals surface area contributed by atoms with Gasteiger partial charge in [-0.05, 0) is 103 Å². The number of hydrogen-bond donors (Lipinski definition) is 0. The average molecular weight is 939 g/mol. The monoisotopic (exact) mass is 938 g/mol. The Balaban J connectivity index is 1.03. The number of hydrogen-bond acceptors (Lipinski definition) is 2. The van der Waals surface area contributed by atoms with Crippen LogP contribution in [-0.4, -0.2) is 9.13 Å². The zero-order chi connectivity index (χ0) is 49.1. The molecule has 4 nitrogen and oxygen atoms in total. The summed E-state index contributed by atoms with van der Waals surface area (Å²) >= 11 is 0. The van der Waals surface area contributed by atoms with Gasteiger partial charge in [0.1, 0.15) is 12.1 Å². The van der Waals surface area contributed by atoms with Crippen molar-refractivity contribution in [2.75, 3.05) is 0 Å². The van der Waals surface area contributed by atoms with Gasteiger partial charge in [-0.1, -0.05) is 218 Å². The van der Waals surface area contributed by atoms with E-state index in [9.17, 15) is 10.5 Å². The van der Waals surface area contributed by atoms with Gasteiger partial charge in [0, 0.05) is 27.2 Å². The molecule has 0 aliphatic heterocycles. The van der Waals surface area contributed by atoms with Gasteiger partial charge in [0.2, 0.25) is 0 Å². The molecule has 2 aliphatic carbocycles. The molecule has 2 heterocycles. The van der Waals surface area contributed by atoms with E-state index in [0.29, 0.717) is 16.8 Å². The minimum atomic E-state index is -0.587. The summed E-state index contributed by atoms with van der Waals surface area (Å²) in [6.07, 6.45) is 0. The van der Waals surface area contributed by atoms with Crippen LogP contribution in [0.25, 0.3) is 77.2 Å². The van der Waals surface area contributed by atoms with E-state index in [1.54, 1.807) is 0 Å². The maximum absolute atomic E-state index is 11.3. The van der Waals surface area contributed by atoms with Crippen molar-refractivity contribution in [3.8, 4) is 45.8 Å². The first-order valence-electron chi connectivity index (χ1n) is 25.2. The molecule has 342 valence electrons. The average Bonchev–Trinajstić information content (AvgIpc) is 4.21. The van der Waals surface area contributed by atoms with Crippen LogP contribution >= 0.6 is 0 Å². The lowest BCUT2D eigenvalue weighted by molar-refractivity contribution is 0.769. The Labute approximate surface area is 428 Å². The first-order chi connectivity index (χ1) is 36.7. The molecule has 0 N–H and O–H groups in total. The van der Waals surface area contributed by atoms with Crippen LogP contribution in [0.2, 0.25) is 0 Å². The second-order valence-electron chi connectivity index (χ2n) is 19.6. The predicted molar refractivity (Wildman–Crippen MR) is 299 cm³/mol. The van der Waals surface area contributed by atoms with Gasteiger partial charge in [-0.15, -0.1) is 0 Å². The van der Waals surface area contributed by atoms with Crippen LogP contribution in [0.3, 0.4) is 0 Å². The van der Waals surface area contributed by atoms with E-state index in [4.69, 9.17) is 0 Å². The summed E-state index contributed by atoms with van der Waals surface area (Å²) in [6, 6.07) is 96.7. The van der Waals surface area contributed by atoms with Gasteiger partial charge >= 0.3 is 0 Å². The SMILES string of the molecule is N#Cc1cc(-n2c3ccccc3c3c4c(ccc32)C(c2ccccc2)(c2ccccc2)c2ccccc2-4)cc(-n2c3ccccc3c3c4c(ccc32)C(c2ccccc2)(c2ccccc2)c2ccccc2-4)c1C#N. The van der Waals surface area contributed by atoms with Gasteiger partial charge in [-0.3, -0.25) is 0 Å². The smallest absolute Gasteiger partial charge is 0.103 e. The predicted octanol–water partition coefficient (Wildman–Crippen LogP) is 16.4. The molecule has 13 aromatic rings. The Bertz CT molecular complexity index is 4470. The van der Waals surface area contributed by atoms with Crippen LogP contribution in [0.1, 0.15) is 55.6 Å². The Kier molecular flexibility index (Phi) is 8.89. The first-order valence-corrected chi connectivity index (χ1v) is 25.2. The van der Waals surface area contributed by atoms with Gasteiger partial charge in [0.15, 0.2) is 0 Å². The lowest BCUT2D eigenvalue weighted by Gasteiger charge is -2.33. The molecule has 0 atom stereocenters. The Hall–Kier alpha value is -10.0. The summed E-state index contributed by atoms with van der Waals surface area (Å²) in [4.78, 5) is 0. The highest BCUT2D eigenvalue weighted by atomic mass is 15.0. The van der Waals surface area contributed by atoms with Crippen molar-refractivity contribution in [2.24, 2.45) is 0 Å². The van der Waals surface area contributed by atoms with Crippen LogP contribution in [0, 0.1) is 22.7 Å². The topological polar surface area (TPSA) is 57.4 Å². The van der Waals surface area contributed by atoms with Crippen LogP contribution in [0.5, 0.6) is 0 Å². The second-order valence-corrected chi connectivity index (χ2v) is 19.6. The highest BCUT2D eigenvalue weighted by molar-refractivity contribution is 6.20. The van der Waals surface area contributed by atoms with Crippen LogP contribution in [0.4, 0.5) is 0 Å². The van der Waals surface area contributed by atoms with Crippen LogP contribution in [-0.2, 0) is 10.8 Å². The summed E-state index contributed by atoms with van der Waals surface area (Å²) < 4.78 is 4.54. The van der Waals surface area contributed by atoms with E-state index in [1.165, 1.54) is 66.8 Å².